The highest BCUT2D eigenvalue weighted by Gasteiger charge is 2.58. The van der Waals surface area contributed by atoms with Crippen LogP contribution in [0.2, 0.25) is 0 Å². The first-order chi connectivity index (χ1) is 12.9. The van der Waals surface area contributed by atoms with E-state index in [9.17, 15) is 14.7 Å². The van der Waals surface area contributed by atoms with Gasteiger partial charge in [0.1, 0.15) is 0 Å². The normalized spacial score (nSPS) is 36.3. The lowest BCUT2D eigenvalue weighted by molar-refractivity contribution is -0.131. The average molecular weight is 378 g/mol. The molecule has 2 heterocycles. The van der Waals surface area contributed by atoms with E-state index in [1.54, 1.807) is 4.90 Å². The smallest absolute Gasteiger partial charge is 0.407 e. The van der Waals surface area contributed by atoms with Gasteiger partial charge in [0, 0.05) is 30.6 Å². The summed E-state index contributed by atoms with van der Waals surface area (Å²) in [6.07, 6.45) is 7.90. The van der Waals surface area contributed by atoms with Crippen molar-refractivity contribution in [2.24, 2.45) is 17.3 Å². The van der Waals surface area contributed by atoms with Crippen LogP contribution in [0, 0.1) is 17.3 Å². The predicted molar refractivity (Wildman–Crippen MR) is 104 cm³/mol. The maximum absolute atomic E-state index is 12.6. The molecule has 152 valence electrons. The minimum atomic E-state index is -0.767. The number of likely N-dealkylation sites (tertiary alicyclic amines) is 2. The Morgan fingerprint density at radius 1 is 1.15 bits per heavy atom. The zero-order chi connectivity index (χ0) is 19.2. The summed E-state index contributed by atoms with van der Waals surface area (Å²) in [5.74, 6) is 1.03. The van der Waals surface area contributed by atoms with Crippen molar-refractivity contribution >= 4 is 12.0 Å². The maximum atomic E-state index is 12.6. The molecule has 2 N–H and O–H groups in total. The molecular weight excluding hydrogens is 342 g/mol. The largest absolute Gasteiger partial charge is 0.465 e. The lowest BCUT2D eigenvalue weighted by Crippen LogP contribution is -2.62. The van der Waals surface area contributed by atoms with Crippen LogP contribution in [-0.2, 0) is 4.79 Å². The number of amides is 2. The summed E-state index contributed by atoms with van der Waals surface area (Å²) in [6, 6.07) is 0.580. The Kier molecular flexibility index (Phi) is 4.90. The number of nitrogens with zero attached hydrogens (tertiary/aromatic N) is 2. The summed E-state index contributed by atoms with van der Waals surface area (Å²) < 4.78 is 0. The fourth-order valence-electron chi connectivity index (χ4n) is 6.30. The van der Waals surface area contributed by atoms with E-state index in [0.29, 0.717) is 18.5 Å². The molecule has 0 bridgehead atoms. The quantitative estimate of drug-likeness (QED) is 0.790. The van der Waals surface area contributed by atoms with E-state index in [-0.39, 0.29) is 22.8 Å². The van der Waals surface area contributed by atoms with E-state index in [4.69, 9.17) is 0 Å². The molecule has 3 atom stereocenters. The highest BCUT2D eigenvalue weighted by molar-refractivity contribution is 5.79. The molecule has 0 aromatic heterocycles. The molecule has 4 aliphatic rings. The predicted octanol–water partition coefficient (Wildman–Crippen LogP) is 2.93. The number of carbonyl (C=O) groups is 2. The highest BCUT2D eigenvalue weighted by atomic mass is 16.4. The molecule has 0 aromatic carbocycles. The molecule has 0 aromatic rings. The van der Waals surface area contributed by atoms with Gasteiger partial charge in [-0.2, -0.15) is 0 Å². The van der Waals surface area contributed by atoms with Gasteiger partial charge in [-0.05, 0) is 76.3 Å². The van der Waals surface area contributed by atoms with Crippen molar-refractivity contribution in [2.45, 2.75) is 76.8 Å². The highest BCUT2D eigenvalue weighted by Crippen LogP contribution is 2.56. The average Bonchev–Trinajstić information content (AvgIpc) is 3.06. The zero-order valence-corrected chi connectivity index (χ0v) is 16.9. The molecule has 6 heteroatoms. The van der Waals surface area contributed by atoms with Gasteiger partial charge in [-0.15, -0.1) is 0 Å². The number of piperidine rings is 1. The monoisotopic (exact) mass is 377 g/mol. The van der Waals surface area contributed by atoms with Gasteiger partial charge in [-0.25, -0.2) is 4.79 Å². The number of hydrogen-bond donors (Lipinski definition) is 2. The molecule has 0 radical (unpaired) electrons. The molecule has 1 unspecified atom stereocenters. The summed E-state index contributed by atoms with van der Waals surface area (Å²) in [5, 5.41) is 12.6. The summed E-state index contributed by atoms with van der Waals surface area (Å²) >= 11 is 0. The molecule has 1 spiro atoms. The SMILES string of the molecule is CCC1[C@@H](N2CCC(C(=O)NC3(C)CCC3)CC2)C[C@]12CCN(C(=O)O)C2. The molecule has 2 aliphatic heterocycles. The second-order valence-corrected chi connectivity index (χ2v) is 9.82. The number of hydrogen-bond acceptors (Lipinski definition) is 3. The Morgan fingerprint density at radius 3 is 2.37 bits per heavy atom. The third kappa shape index (κ3) is 3.34. The zero-order valence-electron chi connectivity index (χ0n) is 16.9. The Hall–Kier alpha value is -1.30. The van der Waals surface area contributed by atoms with Gasteiger partial charge in [0.25, 0.3) is 0 Å². The van der Waals surface area contributed by atoms with Crippen LogP contribution in [0.1, 0.15) is 65.2 Å². The Bertz CT molecular complexity index is 597. The van der Waals surface area contributed by atoms with Crippen LogP contribution in [0.5, 0.6) is 0 Å². The van der Waals surface area contributed by atoms with Crippen molar-refractivity contribution in [3.63, 3.8) is 0 Å². The maximum Gasteiger partial charge on any atom is 0.407 e. The minimum absolute atomic E-state index is 0.0559. The lowest BCUT2D eigenvalue weighted by Gasteiger charge is -2.58. The minimum Gasteiger partial charge on any atom is -0.465 e. The van der Waals surface area contributed by atoms with Gasteiger partial charge in [-0.3, -0.25) is 4.79 Å². The second kappa shape index (κ2) is 6.94. The fraction of sp³-hybridized carbons (Fsp3) is 0.905. The fourth-order valence-corrected chi connectivity index (χ4v) is 6.30. The topological polar surface area (TPSA) is 72.9 Å². The van der Waals surface area contributed by atoms with Gasteiger partial charge in [-0.1, -0.05) is 13.3 Å². The summed E-state index contributed by atoms with van der Waals surface area (Å²) in [5.41, 5.74) is 0.269. The number of carbonyl (C=O) groups excluding carboxylic acids is 1. The molecule has 4 rings (SSSR count). The lowest BCUT2D eigenvalue weighted by atomic mass is 9.54. The van der Waals surface area contributed by atoms with E-state index < -0.39 is 6.09 Å². The van der Waals surface area contributed by atoms with E-state index >= 15 is 0 Å². The van der Waals surface area contributed by atoms with Gasteiger partial charge in [0.15, 0.2) is 0 Å². The first-order valence-corrected chi connectivity index (χ1v) is 10.9. The van der Waals surface area contributed by atoms with Crippen molar-refractivity contribution in [3.05, 3.63) is 0 Å². The van der Waals surface area contributed by atoms with Crippen LogP contribution >= 0.6 is 0 Å². The van der Waals surface area contributed by atoms with Gasteiger partial charge in [0.2, 0.25) is 5.91 Å². The molecule has 2 saturated carbocycles. The Labute approximate surface area is 162 Å². The van der Waals surface area contributed by atoms with E-state index in [0.717, 1.165) is 64.6 Å². The number of carboxylic acid groups (broad SMARTS) is 1. The third-order valence-corrected chi connectivity index (χ3v) is 8.21. The van der Waals surface area contributed by atoms with Crippen LogP contribution in [0.4, 0.5) is 4.79 Å². The van der Waals surface area contributed by atoms with Gasteiger partial charge < -0.3 is 20.2 Å². The molecule has 4 fully saturated rings. The van der Waals surface area contributed by atoms with Crippen LogP contribution in [0.15, 0.2) is 0 Å². The molecule has 27 heavy (non-hydrogen) atoms. The number of rotatable bonds is 4. The molecule has 2 amide bonds. The van der Waals surface area contributed by atoms with E-state index in [1.165, 1.54) is 6.42 Å². The van der Waals surface area contributed by atoms with Crippen molar-refractivity contribution in [1.29, 1.82) is 0 Å². The van der Waals surface area contributed by atoms with Crippen molar-refractivity contribution in [1.82, 2.24) is 15.1 Å². The molecule has 2 aliphatic carbocycles. The van der Waals surface area contributed by atoms with Gasteiger partial charge in [0.05, 0.1) is 0 Å². The van der Waals surface area contributed by atoms with Crippen LogP contribution < -0.4 is 5.32 Å². The Morgan fingerprint density at radius 2 is 1.85 bits per heavy atom. The van der Waals surface area contributed by atoms with Crippen LogP contribution in [0.25, 0.3) is 0 Å². The standard InChI is InChI=1S/C21H35N3O3/c1-3-16-17(13-21(16)9-12-24(14-21)19(26)27)23-10-5-15(6-11-23)18(25)22-20(2)7-4-8-20/h15-17H,3-14H2,1-2H3,(H,22,25)(H,26,27)/t16?,17-,21-/m0/s1. The van der Waals surface area contributed by atoms with E-state index in [2.05, 4.69) is 24.1 Å². The van der Waals surface area contributed by atoms with Crippen molar-refractivity contribution in [3.8, 4) is 0 Å². The molecular formula is C21H35N3O3. The summed E-state index contributed by atoms with van der Waals surface area (Å²) in [4.78, 5) is 28.1. The summed E-state index contributed by atoms with van der Waals surface area (Å²) in [6.45, 7) is 7.85. The van der Waals surface area contributed by atoms with Crippen LogP contribution in [-0.4, -0.2) is 64.7 Å². The first kappa shape index (κ1) is 19.0. The summed E-state index contributed by atoms with van der Waals surface area (Å²) in [7, 11) is 0. The van der Waals surface area contributed by atoms with E-state index in [1.807, 2.05) is 0 Å². The second-order valence-electron chi connectivity index (χ2n) is 9.82. The molecule has 2 saturated heterocycles. The third-order valence-electron chi connectivity index (χ3n) is 8.21. The number of nitrogens with one attached hydrogen (secondary N) is 1. The van der Waals surface area contributed by atoms with Gasteiger partial charge >= 0.3 is 6.09 Å². The molecule has 6 nitrogen and oxygen atoms in total. The Balaban J connectivity index is 1.29. The van der Waals surface area contributed by atoms with Crippen molar-refractivity contribution < 1.29 is 14.7 Å². The van der Waals surface area contributed by atoms with Crippen LogP contribution in [0.3, 0.4) is 0 Å². The van der Waals surface area contributed by atoms with Crippen molar-refractivity contribution in [2.75, 3.05) is 26.2 Å². The first-order valence-electron chi connectivity index (χ1n) is 10.9.